The van der Waals surface area contributed by atoms with Crippen molar-refractivity contribution >= 4 is 17.7 Å². The van der Waals surface area contributed by atoms with Crippen LogP contribution >= 0.6 is 0 Å². The summed E-state index contributed by atoms with van der Waals surface area (Å²) in [6, 6.07) is 6.37. The van der Waals surface area contributed by atoms with Crippen LogP contribution in [0.2, 0.25) is 0 Å². The number of amides is 3. The first-order valence-electron chi connectivity index (χ1n) is 9.24. The van der Waals surface area contributed by atoms with Crippen LogP contribution < -0.4 is 15.8 Å². The van der Waals surface area contributed by atoms with Crippen LogP contribution in [0.1, 0.15) is 36.0 Å². The molecule has 2 saturated heterocycles. The van der Waals surface area contributed by atoms with Crippen LogP contribution in [0, 0.1) is 0 Å². The van der Waals surface area contributed by atoms with E-state index in [4.69, 9.17) is 15.2 Å². The number of hydrogen-bond donors (Lipinski definition) is 2. The summed E-state index contributed by atoms with van der Waals surface area (Å²) in [5.41, 5.74) is 5.64. The molecule has 1 aromatic rings. The van der Waals surface area contributed by atoms with E-state index in [1.54, 1.807) is 29.2 Å². The molecule has 146 valence electrons. The molecule has 8 heteroatoms. The molecule has 8 nitrogen and oxygen atoms in total. The van der Waals surface area contributed by atoms with E-state index in [0.717, 1.165) is 13.0 Å². The maximum absolute atomic E-state index is 12.3. The van der Waals surface area contributed by atoms with Crippen LogP contribution in [0.15, 0.2) is 24.3 Å². The van der Waals surface area contributed by atoms with E-state index in [9.17, 15) is 14.4 Å². The van der Waals surface area contributed by atoms with Gasteiger partial charge in [0.1, 0.15) is 11.9 Å². The first-order chi connectivity index (χ1) is 13.0. The van der Waals surface area contributed by atoms with Crippen molar-refractivity contribution in [3.05, 3.63) is 29.8 Å². The van der Waals surface area contributed by atoms with Crippen molar-refractivity contribution in [2.75, 3.05) is 26.3 Å². The Morgan fingerprint density at radius 1 is 1.30 bits per heavy atom. The predicted molar refractivity (Wildman–Crippen MR) is 97.2 cm³/mol. The van der Waals surface area contributed by atoms with Crippen LogP contribution in [0.25, 0.3) is 0 Å². The molecule has 3 amide bonds. The normalized spacial score (nSPS) is 22.5. The lowest BCUT2D eigenvalue weighted by Gasteiger charge is -2.32. The molecule has 2 aliphatic rings. The number of primary amides is 1. The highest BCUT2D eigenvalue weighted by Gasteiger charge is 2.29. The van der Waals surface area contributed by atoms with Gasteiger partial charge in [-0.15, -0.1) is 0 Å². The molecule has 1 aromatic carbocycles. The molecule has 0 radical (unpaired) electrons. The zero-order valence-electron chi connectivity index (χ0n) is 15.2. The minimum absolute atomic E-state index is 0.0979. The van der Waals surface area contributed by atoms with Gasteiger partial charge in [-0.3, -0.25) is 14.4 Å². The highest BCUT2D eigenvalue weighted by atomic mass is 16.5. The van der Waals surface area contributed by atoms with Gasteiger partial charge in [0.05, 0.1) is 12.6 Å². The van der Waals surface area contributed by atoms with Gasteiger partial charge >= 0.3 is 0 Å². The number of benzene rings is 1. The minimum atomic E-state index is -0.496. The van der Waals surface area contributed by atoms with Gasteiger partial charge in [0.2, 0.25) is 17.7 Å². The third-order valence-electron chi connectivity index (χ3n) is 4.86. The van der Waals surface area contributed by atoms with Crippen LogP contribution in [-0.4, -0.2) is 61.1 Å². The second-order valence-electron chi connectivity index (χ2n) is 6.82. The number of ether oxygens (including phenoxy) is 2. The summed E-state index contributed by atoms with van der Waals surface area (Å²) in [7, 11) is 0. The summed E-state index contributed by atoms with van der Waals surface area (Å²) in [4.78, 5) is 36.8. The topological polar surface area (TPSA) is 111 Å². The van der Waals surface area contributed by atoms with Gasteiger partial charge in [-0.25, -0.2) is 0 Å². The van der Waals surface area contributed by atoms with E-state index >= 15 is 0 Å². The van der Waals surface area contributed by atoms with Crippen LogP contribution in [0.5, 0.6) is 5.75 Å². The maximum atomic E-state index is 12.3. The van der Waals surface area contributed by atoms with Crippen LogP contribution in [-0.2, 0) is 14.3 Å². The van der Waals surface area contributed by atoms with Gasteiger partial charge in [0, 0.05) is 38.1 Å². The van der Waals surface area contributed by atoms with E-state index in [1.807, 2.05) is 0 Å². The van der Waals surface area contributed by atoms with Crippen molar-refractivity contribution in [1.82, 2.24) is 10.2 Å². The molecule has 3 rings (SSSR count). The average molecular weight is 375 g/mol. The van der Waals surface area contributed by atoms with Crippen molar-refractivity contribution in [1.29, 1.82) is 0 Å². The fraction of sp³-hybridized carbons (Fsp3) is 0.526. The van der Waals surface area contributed by atoms with Crippen LogP contribution in [0.3, 0.4) is 0 Å². The number of carbonyl (C=O) groups excluding carboxylic acids is 3. The molecule has 2 heterocycles. The summed E-state index contributed by atoms with van der Waals surface area (Å²) < 4.78 is 11.4. The van der Waals surface area contributed by atoms with Gasteiger partial charge < -0.3 is 25.4 Å². The van der Waals surface area contributed by atoms with Gasteiger partial charge in [0.25, 0.3) is 0 Å². The molecule has 2 atom stereocenters. The molecule has 27 heavy (non-hydrogen) atoms. The Labute approximate surface area is 158 Å². The highest BCUT2D eigenvalue weighted by Crippen LogP contribution is 2.19. The zero-order chi connectivity index (χ0) is 19.2. The first kappa shape index (κ1) is 19.2. The third kappa shape index (κ3) is 5.19. The Balaban J connectivity index is 1.52. The summed E-state index contributed by atoms with van der Waals surface area (Å²) in [5, 5.41) is 3.00. The van der Waals surface area contributed by atoms with E-state index in [0.29, 0.717) is 43.9 Å². The summed E-state index contributed by atoms with van der Waals surface area (Å²) >= 11 is 0. The summed E-state index contributed by atoms with van der Waals surface area (Å²) in [6.45, 7) is 2.10. The third-order valence-corrected chi connectivity index (χ3v) is 4.86. The molecule has 0 spiro atoms. The predicted octanol–water partition coefficient (Wildman–Crippen LogP) is 0.451. The largest absolute Gasteiger partial charge is 0.486 e. The molecule has 2 aliphatic heterocycles. The summed E-state index contributed by atoms with van der Waals surface area (Å²) in [6.07, 6.45) is 2.05. The Bertz CT molecular complexity index is 691. The van der Waals surface area contributed by atoms with Gasteiger partial charge in [-0.2, -0.15) is 0 Å². The van der Waals surface area contributed by atoms with E-state index in [1.165, 1.54) is 0 Å². The summed E-state index contributed by atoms with van der Waals surface area (Å²) in [5.74, 6) is 0.107. The minimum Gasteiger partial charge on any atom is -0.486 e. The Morgan fingerprint density at radius 2 is 2.07 bits per heavy atom. The smallest absolute Gasteiger partial charge is 0.248 e. The SMILES string of the molecule is NC(=O)c1ccc(O[C@@H]2COCC[C@H]2NC(=O)CCN2CCCC2=O)cc1. The monoisotopic (exact) mass is 375 g/mol. The van der Waals surface area contributed by atoms with Crippen LogP contribution in [0.4, 0.5) is 0 Å². The Hall–Kier alpha value is -2.61. The van der Waals surface area contributed by atoms with Gasteiger partial charge in [0.15, 0.2) is 0 Å². The number of likely N-dealkylation sites (tertiary alicyclic amines) is 1. The number of hydrogen-bond acceptors (Lipinski definition) is 5. The quantitative estimate of drug-likeness (QED) is 0.719. The number of nitrogens with two attached hydrogens (primary N) is 1. The Kier molecular flexibility index (Phi) is 6.28. The molecular formula is C19H25N3O5. The molecule has 2 fully saturated rings. The van der Waals surface area contributed by atoms with Crippen molar-refractivity contribution in [3.63, 3.8) is 0 Å². The van der Waals surface area contributed by atoms with E-state index in [2.05, 4.69) is 5.32 Å². The highest BCUT2D eigenvalue weighted by molar-refractivity contribution is 5.92. The fourth-order valence-electron chi connectivity index (χ4n) is 3.32. The zero-order valence-corrected chi connectivity index (χ0v) is 15.2. The molecule has 3 N–H and O–H groups in total. The molecule has 0 aliphatic carbocycles. The van der Waals surface area contributed by atoms with Crippen molar-refractivity contribution in [3.8, 4) is 5.75 Å². The average Bonchev–Trinajstić information content (AvgIpc) is 3.07. The van der Waals surface area contributed by atoms with E-state index < -0.39 is 5.91 Å². The fourth-order valence-corrected chi connectivity index (χ4v) is 3.32. The number of rotatable bonds is 7. The van der Waals surface area contributed by atoms with Crippen molar-refractivity contribution in [2.24, 2.45) is 5.73 Å². The maximum Gasteiger partial charge on any atom is 0.248 e. The lowest BCUT2D eigenvalue weighted by Crippen LogP contribution is -2.51. The number of nitrogens with zero attached hydrogens (tertiary/aromatic N) is 1. The molecule has 0 unspecified atom stereocenters. The lowest BCUT2D eigenvalue weighted by atomic mass is 10.1. The molecule has 0 saturated carbocycles. The number of nitrogens with one attached hydrogen (secondary N) is 1. The van der Waals surface area contributed by atoms with E-state index in [-0.39, 0.29) is 30.4 Å². The first-order valence-corrected chi connectivity index (χ1v) is 9.24. The van der Waals surface area contributed by atoms with Crippen molar-refractivity contribution in [2.45, 2.75) is 37.8 Å². The molecule has 0 aromatic heterocycles. The number of carbonyl (C=O) groups is 3. The lowest BCUT2D eigenvalue weighted by molar-refractivity contribution is -0.129. The standard InChI is InChI=1S/C19H25N3O5/c20-19(25)13-3-5-14(6-4-13)27-16-12-26-11-8-15(16)21-17(23)7-10-22-9-1-2-18(22)24/h3-6,15-16H,1-2,7-12H2,(H2,20,25)(H,21,23)/t15-,16-/m1/s1. The van der Waals surface area contributed by atoms with Crippen molar-refractivity contribution < 1.29 is 23.9 Å². The molecule has 0 bridgehead atoms. The van der Waals surface area contributed by atoms with Gasteiger partial charge in [-0.1, -0.05) is 0 Å². The van der Waals surface area contributed by atoms with Gasteiger partial charge in [-0.05, 0) is 37.1 Å². The second-order valence-corrected chi connectivity index (χ2v) is 6.82. The Morgan fingerprint density at radius 3 is 2.74 bits per heavy atom. The molecular weight excluding hydrogens is 350 g/mol. The second kappa shape index (κ2) is 8.85.